The zero-order valence-corrected chi connectivity index (χ0v) is 15.1. The van der Waals surface area contributed by atoms with E-state index in [0.29, 0.717) is 21.9 Å². The third-order valence-corrected chi connectivity index (χ3v) is 4.10. The second-order valence-electron chi connectivity index (χ2n) is 5.80. The van der Waals surface area contributed by atoms with Gasteiger partial charge in [-0.25, -0.2) is 9.78 Å². The van der Waals surface area contributed by atoms with Crippen molar-refractivity contribution in [3.05, 3.63) is 80.9 Å². The Balaban J connectivity index is 1.76. The van der Waals surface area contributed by atoms with E-state index in [1.165, 1.54) is 17.6 Å². The molecule has 0 N–H and O–H groups in total. The van der Waals surface area contributed by atoms with Crippen LogP contribution in [-0.4, -0.2) is 22.5 Å². The fraction of sp³-hybridized carbons (Fsp3) is 0.211. The van der Waals surface area contributed by atoms with Crippen molar-refractivity contribution >= 4 is 23.2 Å². The highest BCUT2D eigenvalue weighted by molar-refractivity contribution is 6.30. The number of benzene rings is 1. The van der Waals surface area contributed by atoms with E-state index in [1.807, 2.05) is 13.0 Å². The molecule has 0 saturated carbocycles. The number of fused-ring (bicyclic) bond motifs is 1. The molecule has 2 heterocycles. The van der Waals surface area contributed by atoms with Crippen LogP contribution in [0.4, 0.5) is 0 Å². The Labute approximate surface area is 155 Å². The number of pyridine rings is 1. The second kappa shape index (κ2) is 7.68. The molecule has 0 fully saturated rings. The molecule has 134 valence electrons. The Bertz CT molecular complexity index is 999. The molecule has 3 aromatic rings. The third-order valence-electron chi connectivity index (χ3n) is 3.85. The largest absolute Gasteiger partial charge is 0.457 e. The lowest BCUT2D eigenvalue weighted by Gasteiger charge is -2.15. The summed E-state index contributed by atoms with van der Waals surface area (Å²) in [7, 11) is 1.42. The van der Waals surface area contributed by atoms with Crippen molar-refractivity contribution in [1.29, 1.82) is 0 Å². The minimum Gasteiger partial charge on any atom is -0.457 e. The number of carbonyl (C=O) groups is 1. The normalized spacial score (nSPS) is 12.1. The highest BCUT2D eigenvalue weighted by atomic mass is 35.5. The molecular weight excluding hydrogens is 356 g/mol. The Hall–Kier alpha value is -2.70. The first kappa shape index (κ1) is 18.1. The lowest BCUT2D eigenvalue weighted by molar-refractivity contribution is -0.157. The lowest BCUT2D eigenvalue weighted by Crippen LogP contribution is -2.20. The van der Waals surface area contributed by atoms with Crippen molar-refractivity contribution in [2.45, 2.75) is 19.6 Å². The number of carbonyl (C=O) groups excluding carboxylic acids is 1. The van der Waals surface area contributed by atoms with Crippen LogP contribution in [0.25, 0.3) is 5.65 Å². The van der Waals surface area contributed by atoms with E-state index in [0.717, 1.165) is 5.56 Å². The van der Waals surface area contributed by atoms with Crippen LogP contribution in [0.15, 0.2) is 53.5 Å². The first-order chi connectivity index (χ1) is 12.5. The molecule has 26 heavy (non-hydrogen) atoms. The average Bonchev–Trinajstić information content (AvgIpc) is 2.63. The van der Waals surface area contributed by atoms with Crippen LogP contribution in [0.5, 0.6) is 0 Å². The quantitative estimate of drug-likeness (QED) is 0.644. The number of nitrogens with zero attached hydrogens (tertiary/aromatic N) is 2. The Morgan fingerprint density at radius 1 is 1.23 bits per heavy atom. The number of hydrogen-bond donors (Lipinski definition) is 0. The van der Waals surface area contributed by atoms with Crippen LogP contribution >= 0.6 is 11.6 Å². The predicted molar refractivity (Wildman–Crippen MR) is 97.2 cm³/mol. The molecule has 1 unspecified atom stereocenters. The van der Waals surface area contributed by atoms with E-state index in [2.05, 4.69) is 4.98 Å². The monoisotopic (exact) mass is 372 g/mol. The van der Waals surface area contributed by atoms with Crippen LogP contribution in [0.1, 0.15) is 22.9 Å². The minimum absolute atomic E-state index is 0.119. The summed E-state index contributed by atoms with van der Waals surface area (Å²) in [5.41, 5.74) is 2.22. The van der Waals surface area contributed by atoms with Crippen molar-refractivity contribution in [3.63, 3.8) is 0 Å². The number of halogens is 1. The molecule has 3 rings (SSSR count). The maximum absolute atomic E-state index is 12.3. The molecule has 0 bridgehead atoms. The van der Waals surface area contributed by atoms with Crippen molar-refractivity contribution in [1.82, 2.24) is 9.38 Å². The second-order valence-corrected chi connectivity index (χ2v) is 6.23. The molecule has 7 heteroatoms. The molecule has 1 aromatic carbocycles. The SMILES string of the molecule is COC(C(=O)OCc1cc(=O)n2cc(C)ccc2n1)c1ccc(Cl)cc1. The predicted octanol–water partition coefficient (Wildman–Crippen LogP) is 3.09. The van der Waals surface area contributed by atoms with E-state index >= 15 is 0 Å². The molecular formula is C19H17ClN2O4. The van der Waals surface area contributed by atoms with Crippen LogP contribution < -0.4 is 5.56 Å². The van der Waals surface area contributed by atoms with Gasteiger partial charge in [-0.15, -0.1) is 0 Å². The molecule has 1 atom stereocenters. The van der Waals surface area contributed by atoms with Crippen LogP contribution in [0.2, 0.25) is 5.02 Å². The number of methoxy groups -OCH3 is 1. The van der Waals surface area contributed by atoms with E-state index in [4.69, 9.17) is 21.1 Å². The summed E-state index contributed by atoms with van der Waals surface area (Å²) in [5, 5.41) is 0.563. The smallest absolute Gasteiger partial charge is 0.340 e. The molecule has 0 amide bonds. The van der Waals surface area contributed by atoms with Crippen molar-refractivity contribution in [3.8, 4) is 0 Å². The van der Waals surface area contributed by atoms with Crippen molar-refractivity contribution in [2.24, 2.45) is 0 Å². The maximum Gasteiger partial charge on any atom is 0.340 e. The lowest BCUT2D eigenvalue weighted by atomic mass is 10.1. The van der Waals surface area contributed by atoms with Crippen LogP contribution in [-0.2, 0) is 20.9 Å². The summed E-state index contributed by atoms with van der Waals surface area (Å²) in [6.07, 6.45) is 0.832. The van der Waals surface area contributed by atoms with Gasteiger partial charge in [0.1, 0.15) is 12.3 Å². The zero-order valence-electron chi connectivity index (χ0n) is 14.3. The van der Waals surface area contributed by atoms with E-state index in [1.54, 1.807) is 36.5 Å². The number of esters is 1. The molecule has 0 aliphatic heterocycles. The summed E-state index contributed by atoms with van der Waals surface area (Å²) in [4.78, 5) is 28.9. The molecule has 0 aliphatic rings. The van der Waals surface area contributed by atoms with Gasteiger partial charge in [-0.1, -0.05) is 29.8 Å². The standard InChI is InChI=1S/C19H17ClN2O4/c1-12-3-8-16-21-15(9-17(23)22(16)10-12)11-26-19(24)18(25-2)13-4-6-14(20)7-5-13/h3-10,18H,11H2,1-2H3. The van der Waals surface area contributed by atoms with Gasteiger partial charge in [0.25, 0.3) is 5.56 Å². The van der Waals surface area contributed by atoms with Gasteiger partial charge >= 0.3 is 5.97 Å². The van der Waals surface area contributed by atoms with Crippen LogP contribution in [0.3, 0.4) is 0 Å². The third kappa shape index (κ3) is 3.92. The van der Waals surface area contributed by atoms with Gasteiger partial charge < -0.3 is 9.47 Å². The van der Waals surface area contributed by atoms with Gasteiger partial charge in [0.15, 0.2) is 6.10 Å². The molecule has 6 nitrogen and oxygen atoms in total. The van der Waals surface area contributed by atoms with E-state index in [9.17, 15) is 9.59 Å². The van der Waals surface area contributed by atoms with Gasteiger partial charge in [-0.3, -0.25) is 9.20 Å². The fourth-order valence-electron chi connectivity index (χ4n) is 2.56. The first-order valence-electron chi connectivity index (χ1n) is 7.92. The fourth-order valence-corrected chi connectivity index (χ4v) is 2.68. The maximum atomic E-state index is 12.3. The average molecular weight is 373 g/mol. The summed E-state index contributed by atoms with van der Waals surface area (Å²) >= 11 is 5.86. The number of aryl methyl sites for hydroxylation is 1. The molecule has 0 saturated heterocycles. The first-order valence-corrected chi connectivity index (χ1v) is 8.29. The summed E-state index contributed by atoms with van der Waals surface area (Å²) < 4.78 is 12.0. The Kier molecular flexibility index (Phi) is 5.35. The number of ether oxygens (including phenoxy) is 2. The van der Waals surface area contributed by atoms with Gasteiger partial charge in [0, 0.05) is 24.4 Å². The highest BCUT2D eigenvalue weighted by Crippen LogP contribution is 2.21. The van der Waals surface area contributed by atoms with Gasteiger partial charge in [0.05, 0.1) is 5.69 Å². The van der Waals surface area contributed by atoms with Crippen molar-refractivity contribution < 1.29 is 14.3 Å². The summed E-state index contributed by atoms with van der Waals surface area (Å²) in [6.45, 7) is 1.77. The summed E-state index contributed by atoms with van der Waals surface area (Å²) in [5.74, 6) is -0.569. The molecule has 0 aliphatic carbocycles. The highest BCUT2D eigenvalue weighted by Gasteiger charge is 2.22. The summed E-state index contributed by atoms with van der Waals surface area (Å²) in [6, 6.07) is 11.7. The van der Waals surface area contributed by atoms with Crippen LogP contribution in [0, 0.1) is 6.92 Å². The topological polar surface area (TPSA) is 69.9 Å². The van der Waals surface area contributed by atoms with Gasteiger partial charge in [0.2, 0.25) is 0 Å². The zero-order chi connectivity index (χ0) is 18.7. The number of hydrogen-bond acceptors (Lipinski definition) is 5. The molecule has 0 spiro atoms. The number of aromatic nitrogens is 2. The van der Waals surface area contributed by atoms with E-state index in [-0.39, 0.29) is 12.2 Å². The van der Waals surface area contributed by atoms with Crippen molar-refractivity contribution in [2.75, 3.05) is 7.11 Å². The Morgan fingerprint density at radius 3 is 2.65 bits per heavy atom. The van der Waals surface area contributed by atoms with Gasteiger partial charge in [-0.05, 0) is 36.2 Å². The Morgan fingerprint density at radius 2 is 1.96 bits per heavy atom. The van der Waals surface area contributed by atoms with Gasteiger partial charge in [-0.2, -0.15) is 0 Å². The van der Waals surface area contributed by atoms with E-state index < -0.39 is 12.1 Å². The molecule has 2 aromatic heterocycles. The number of rotatable bonds is 5. The molecule has 0 radical (unpaired) electrons. The minimum atomic E-state index is -0.878.